The van der Waals surface area contributed by atoms with Crippen molar-refractivity contribution in [3.8, 4) is 11.8 Å². The first-order valence-electron chi connectivity index (χ1n) is 9.31. The van der Waals surface area contributed by atoms with Crippen LogP contribution in [0.5, 0.6) is 5.75 Å². The molecule has 3 aromatic carbocycles. The van der Waals surface area contributed by atoms with Crippen LogP contribution in [-0.4, -0.2) is 20.3 Å². The number of hydrogen-bond donors (Lipinski definition) is 1. The van der Waals surface area contributed by atoms with E-state index in [1.54, 1.807) is 73.8 Å². The molecule has 30 heavy (non-hydrogen) atoms. The summed E-state index contributed by atoms with van der Waals surface area (Å²) < 4.78 is 31.2. The van der Waals surface area contributed by atoms with Crippen LogP contribution in [0.4, 0.5) is 5.69 Å². The van der Waals surface area contributed by atoms with E-state index in [1.807, 2.05) is 0 Å². The molecular formula is C23H19ClN2O3S. The quantitative estimate of drug-likeness (QED) is 0.633. The average Bonchev–Trinajstić information content (AvgIpc) is 2.76. The zero-order valence-corrected chi connectivity index (χ0v) is 17.7. The molecule has 0 aromatic heterocycles. The normalized spacial score (nSPS) is 21.7. The van der Waals surface area contributed by atoms with Crippen molar-refractivity contribution < 1.29 is 13.2 Å². The highest BCUT2D eigenvalue weighted by molar-refractivity contribution is 7.93. The van der Waals surface area contributed by atoms with Crippen LogP contribution in [0.2, 0.25) is 5.02 Å². The summed E-state index contributed by atoms with van der Waals surface area (Å²) in [5.74, 6) is 0.602. The summed E-state index contributed by atoms with van der Waals surface area (Å²) in [6.45, 7) is 0. The lowest BCUT2D eigenvalue weighted by Gasteiger charge is -2.40. The molecule has 0 amide bonds. The van der Waals surface area contributed by atoms with Crippen molar-refractivity contribution >= 4 is 27.1 Å². The van der Waals surface area contributed by atoms with Crippen LogP contribution in [0.15, 0.2) is 77.7 Å². The molecular weight excluding hydrogens is 420 g/mol. The number of halogens is 1. The molecule has 7 heteroatoms. The topological polar surface area (TPSA) is 79.2 Å². The van der Waals surface area contributed by atoms with E-state index in [-0.39, 0.29) is 11.3 Å². The Morgan fingerprint density at radius 2 is 1.83 bits per heavy atom. The van der Waals surface area contributed by atoms with Crippen molar-refractivity contribution in [1.29, 1.82) is 5.26 Å². The first kappa shape index (κ1) is 20.3. The minimum absolute atomic E-state index is 0.00232. The van der Waals surface area contributed by atoms with Crippen molar-refractivity contribution in [2.24, 2.45) is 0 Å². The predicted octanol–water partition coefficient (Wildman–Crippen LogP) is 4.79. The Balaban J connectivity index is 1.94. The Bertz CT molecular complexity index is 1240. The summed E-state index contributed by atoms with van der Waals surface area (Å²) in [4.78, 5) is 0.125. The third-order valence-corrected chi connectivity index (χ3v) is 8.03. The lowest BCUT2D eigenvalue weighted by Crippen LogP contribution is -2.51. The first-order chi connectivity index (χ1) is 14.4. The van der Waals surface area contributed by atoms with Crippen molar-refractivity contribution in [2.45, 2.75) is 22.1 Å². The van der Waals surface area contributed by atoms with Crippen LogP contribution in [0.1, 0.15) is 17.2 Å². The van der Waals surface area contributed by atoms with Crippen LogP contribution < -0.4 is 10.1 Å². The van der Waals surface area contributed by atoms with Gasteiger partial charge in [-0.1, -0.05) is 48.0 Å². The lowest BCUT2D eigenvalue weighted by atomic mass is 9.87. The summed E-state index contributed by atoms with van der Waals surface area (Å²) in [7, 11) is -2.47. The SMILES string of the molecule is COc1cccc(CC2(C#N)C(c3ccc(Cl)cc3)Nc3ccccc3S2(=O)=O)c1. The Morgan fingerprint density at radius 1 is 1.10 bits per heavy atom. The van der Waals surface area contributed by atoms with Gasteiger partial charge in [0.2, 0.25) is 9.84 Å². The van der Waals surface area contributed by atoms with Gasteiger partial charge in [-0.3, -0.25) is 0 Å². The molecule has 2 atom stereocenters. The maximum absolute atomic E-state index is 13.8. The molecule has 2 unspecified atom stereocenters. The molecule has 4 rings (SSSR count). The third kappa shape index (κ3) is 3.20. The number of benzene rings is 3. The summed E-state index contributed by atoms with van der Waals surface area (Å²) in [5.41, 5.74) is 1.84. The second-order valence-electron chi connectivity index (χ2n) is 7.16. The second-order valence-corrected chi connectivity index (χ2v) is 9.77. The smallest absolute Gasteiger partial charge is 0.202 e. The van der Waals surface area contributed by atoms with Crippen molar-refractivity contribution in [2.75, 3.05) is 12.4 Å². The number of ether oxygens (including phenoxy) is 1. The second kappa shape index (κ2) is 7.67. The predicted molar refractivity (Wildman–Crippen MR) is 116 cm³/mol. The third-order valence-electron chi connectivity index (χ3n) is 5.42. The van der Waals surface area contributed by atoms with Crippen molar-refractivity contribution in [1.82, 2.24) is 0 Å². The summed E-state index contributed by atoms with van der Waals surface area (Å²) in [6.07, 6.45) is -0.00232. The largest absolute Gasteiger partial charge is 0.497 e. The fourth-order valence-corrected chi connectivity index (χ4v) is 6.07. The van der Waals surface area contributed by atoms with Gasteiger partial charge in [-0.25, -0.2) is 8.42 Å². The van der Waals surface area contributed by atoms with Crippen LogP contribution >= 0.6 is 11.6 Å². The highest BCUT2D eigenvalue weighted by Crippen LogP contribution is 2.47. The standard InChI is InChI=1S/C23H19ClN2O3S/c1-29-19-6-4-5-16(13-19)14-23(15-25)22(17-9-11-18(24)12-10-17)26-20-7-2-3-8-21(20)30(23,27)28/h2-13,22,26H,14H2,1H3. The summed E-state index contributed by atoms with van der Waals surface area (Å²) in [5, 5.41) is 14.2. The van der Waals surface area contributed by atoms with E-state index in [0.29, 0.717) is 27.6 Å². The minimum atomic E-state index is -4.02. The van der Waals surface area contributed by atoms with Crippen LogP contribution in [0, 0.1) is 11.3 Å². The number of fused-ring (bicyclic) bond motifs is 1. The molecule has 5 nitrogen and oxygen atoms in total. The molecule has 3 aromatic rings. The van der Waals surface area contributed by atoms with Crippen LogP contribution in [-0.2, 0) is 16.3 Å². The zero-order valence-electron chi connectivity index (χ0n) is 16.2. The van der Waals surface area contributed by atoms with E-state index in [0.717, 1.165) is 0 Å². The molecule has 152 valence electrons. The Morgan fingerprint density at radius 3 is 2.53 bits per heavy atom. The number of anilines is 1. The van der Waals surface area contributed by atoms with E-state index in [2.05, 4.69) is 11.4 Å². The van der Waals surface area contributed by atoms with Crippen molar-refractivity contribution in [3.63, 3.8) is 0 Å². The molecule has 0 spiro atoms. The molecule has 1 aliphatic heterocycles. The van der Waals surface area contributed by atoms with Crippen LogP contribution in [0.25, 0.3) is 0 Å². The van der Waals surface area contributed by atoms with Gasteiger partial charge < -0.3 is 10.1 Å². The fraction of sp³-hybridized carbons (Fsp3) is 0.174. The maximum Gasteiger partial charge on any atom is 0.202 e. The molecule has 0 bridgehead atoms. The first-order valence-corrected chi connectivity index (χ1v) is 11.2. The molecule has 0 aliphatic carbocycles. The summed E-state index contributed by atoms with van der Waals surface area (Å²) >= 11 is 6.04. The Hall–Kier alpha value is -3.01. The molecule has 1 heterocycles. The van der Waals surface area contributed by atoms with Crippen LogP contribution in [0.3, 0.4) is 0 Å². The van der Waals surface area contributed by atoms with E-state index in [9.17, 15) is 13.7 Å². The van der Waals surface area contributed by atoms with E-state index in [1.165, 1.54) is 6.07 Å². The number of nitrogens with zero attached hydrogens (tertiary/aromatic N) is 1. The molecule has 0 saturated carbocycles. The van der Waals surface area contributed by atoms with Gasteiger partial charge in [0.15, 0.2) is 4.75 Å². The average molecular weight is 439 g/mol. The zero-order chi connectivity index (χ0) is 21.4. The number of nitriles is 1. The Labute approximate surface area is 180 Å². The van der Waals surface area contributed by atoms with Gasteiger partial charge >= 0.3 is 0 Å². The van der Waals surface area contributed by atoms with Gasteiger partial charge in [-0.05, 0) is 47.5 Å². The number of para-hydroxylation sites is 1. The number of rotatable bonds is 4. The van der Waals surface area contributed by atoms with Gasteiger partial charge in [-0.2, -0.15) is 5.26 Å². The van der Waals surface area contributed by atoms with E-state index < -0.39 is 20.6 Å². The monoisotopic (exact) mass is 438 g/mol. The molecule has 1 N–H and O–H groups in total. The summed E-state index contributed by atoms with van der Waals surface area (Å²) in [6, 6.07) is 22.1. The van der Waals surface area contributed by atoms with Crippen molar-refractivity contribution in [3.05, 3.63) is 88.9 Å². The maximum atomic E-state index is 13.8. The van der Waals surface area contributed by atoms with Gasteiger partial charge in [0, 0.05) is 11.4 Å². The van der Waals surface area contributed by atoms with E-state index in [4.69, 9.17) is 16.3 Å². The number of methoxy groups -OCH3 is 1. The number of sulfone groups is 1. The number of hydrogen-bond acceptors (Lipinski definition) is 5. The van der Waals surface area contributed by atoms with Gasteiger partial charge in [0.1, 0.15) is 5.75 Å². The highest BCUT2D eigenvalue weighted by Gasteiger charge is 2.56. The lowest BCUT2D eigenvalue weighted by molar-refractivity contribution is 0.413. The molecule has 1 aliphatic rings. The fourth-order valence-electron chi connectivity index (χ4n) is 3.90. The molecule has 0 saturated heterocycles. The molecule has 0 radical (unpaired) electrons. The number of nitrogens with one attached hydrogen (secondary N) is 1. The minimum Gasteiger partial charge on any atom is -0.497 e. The highest BCUT2D eigenvalue weighted by atomic mass is 35.5. The van der Waals surface area contributed by atoms with Gasteiger partial charge in [0.25, 0.3) is 0 Å². The van der Waals surface area contributed by atoms with E-state index >= 15 is 0 Å². The Kier molecular flexibility index (Phi) is 5.19. The van der Waals surface area contributed by atoms with Gasteiger partial charge in [-0.15, -0.1) is 0 Å². The van der Waals surface area contributed by atoms with Gasteiger partial charge in [0.05, 0.1) is 29.8 Å². The molecule has 0 fully saturated rings.